The second-order valence-corrected chi connectivity index (χ2v) is 3.68. The molecule has 1 amide bonds. The lowest BCUT2D eigenvalue weighted by Crippen LogP contribution is -2.46. The molecule has 0 spiro atoms. The Morgan fingerprint density at radius 3 is 3.14 bits per heavy atom. The summed E-state index contributed by atoms with van der Waals surface area (Å²) in [5.74, 6) is -0.802. The van der Waals surface area contributed by atoms with Crippen LogP contribution in [-0.2, 0) is 9.53 Å². The third-order valence-electron chi connectivity index (χ3n) is 2.04. The summed E-state index contributed by atoms with van der Waals surface area (Å²) in [5, 5.41) is 2.37. The Balaban J connectivity index is 2.20. The van der Waals surface area contributed by atoms with Crippen LogP contribution in [0.3, 0.4) is 0 Å². The number of hydrogen-bond acceptors (Lipinski definition) is 3. The van der Waals surface area contributed by atoms with Gasteiger partial charge in [0.15, 0.2) is 0 Å². The summed E-state index contributed by atoms with van der Waals surface area (Å²) >= 11 is 4.94. The fraction of sp³-hybridized carbons (Fsp3) is 0.875. The highest BCUT2D eigenvalue weighted by atomic mass is 35.5. The maximum Gasteiger partial charge on any atom is 0.270 e. The SMILES string of the molecule is CN1CCOC(CNC(=O)C(F)Cl)C1. The standard InChI is InChI=1S/C8H14ClFN2O2/c1-12-2-3-14-6(5-12)4-11-8(13)7(9)10/h6-7H,2-5H2,1H3,(H,11,13). The second kappa shape index (κ2) is 5.48. The van der Waals surface area contributed by atoms with Crippen LogP contribution in [-0.4, -0.2) is 55.8 Å². The first-order chi connectivity index (χ1) is 6.59. The maximum atomic E-state index is 12.2. The highest BCUT2D eigenvalue weighted by Gasteiger charge is 2.20. The van der Waals surface area contributed by atoms with Crippen LogP contribution in [0.15, 0.2) is 0 Å². The highest BCUT2D eigenvalue weighted by molar-refractivity contribution is 6.29. The van der Waals surface area contributed by atoms with Crippen molar-refractivity contribution in [1.29, 1.82) is 0 Å². The van der Waals surface area contributed by atoms with E-state index in [1.54, 1.807) is 0 Å². The number of ether oxygens (including phenoxy) is 1. The predicted molar refractivity (Wildman–Crippen MR) is 51.0 cm³/mol. The van der Waals surface area contributed by atoms with Gasteiger partial charge in [-0.1, -0.05) is 11.6 Å². The minimum Gasteiger partial charge on any atom is -0.374 e. The Morgan fingerprint density at radius 2 is 2.57 bits per heavy atom. The zero-order valence-electron chi connectivity index (χ0n) is 8.00. The minimum atomic E-state index is -1.98. The van der Waals surface area contributed by atoms with E-state index in [1.165, 1.54) is 0 Å². The van der Waals surface area contributed by atoms with Crippen molar-refractivity contribution in [1.82, 2.24) is 10.2 Å². The van der Waals surface area contributed by atoms with E-state index >= 15 is 0 Å². The number of hydrogen-bond donors (Lipinski definition) is 1. The third kappa shape index (κ3) is 3.77. The lowest BCUT2D eigenvalue weighted by molar-refractivity contribution is -0.124. The van der Waals surface area contributed by atoms with Crippen molar-refractivity contribution in [3.05, 3.63) is 0 Å². The average molecular weight is 225 g/mol. The van der Waals surface area contributed by atoms with Crippen LogP contribution < -0.4 is 5.32 Å². The van der Waals surface area contributed by atoms with E-state index in [0.717, 1.165) is 13.1 Å². The van der Waals surface area contributed by atoms with E-state index in [2.05, 4.69) is 10.2 Å². The largest absolute Gasteiger partial charge is 0.374 e. The molecule has 0 aliphatic carbocycles. The molecule has 14 heavy (non-hydrogen) atoms. The van der Waals surface area contributed by atoms with Crippen molar-refractivity contribution in [3.63, 3.8) is 0 Å². The molecule has 0 aromatic carbocycles. The number of amides is 1. The lowest BCUT2D eigenvalue weighted by Gasteiger charge is -2.30. The van der Waals surface area contributed by atoms with Gasteiger partial charge in [-0.25, -0.2) is 4.39 Å². The van der Waals surface area contributed by atoms with Crippen molar-refractivity contribution in [3.8, 4) is 0 Å². The van der Waals surface area contributed by atoms with Gasteiger partial charge in [-0.3, -0.25) is 4.79 Å². The van der Waals surface area contributed by atoms with Crippen molar-refractivity contribution >= 4 is 17.5 Å². The van der Waals surface area contributed by atoms with Gasteiger partial charge >= 0.3 is 0 Å². The van der Waals surface area contributed by atoms with E-state index < -0.39 is 11.5 Å². The summed E-state index contributed by atoms with van der Waals surface area (Å²) in [5.41, 5.74) is -1.98. The summed E-state index contributed by atoms with van der Waals surface area (Å²) in [6.07, 6.45) is -0.0758. The fourth-order valence-electron chi connectivity index (χ4n) is 1.28. The highest BCUT2D eigenvalue weighted by Crippen LogP contribution is 2.02. The van der Waals surface area contributed by atoms with Gasteiger partial charge in [0.2, 0.25) is 0 Å². The number of likely N-dealkylation sites (N-methyl/N-ethyl adjacent to an activating group) is 1. The molecule has 0 saturated carbocycles. The van der Waals surface area contributed by atoms with Crippen LogP contribution in [0, 0.1) is 0 Å². The van der Waals surface area contributed by atoms with Crippen LogP contribution in [0.1, 0.15) is 0 Å². The number of nitrogens with one attached hydrogen (secondary N) is 1. The third-order valence-corrected chi connectivity index (χ3v) is 2.24. The van der Waals surface area contributed by atoms with Crippen LogP contribution >= 0.6 is 11.6 Å². The number of morpholine rings is 1. The molecule has 1 saturated heterocycles. The number of rotatable bonds is 3. The molecule has 6 heteroatoms. The molecule has 1 aliphatic heterocycles. The number of nitrogens with zero attached hydrogens (tertiary/aromatic N) is 1. The van der Waals surface area contributed by atoms with Gasteiger partial charge in [0.25, 0.3) is 11.5 Å². The topological polar surface area (TPSA) is 41.6 Å². The number of alkyl halides is 2. The first-order valence-electron chi connectivity index (χ1n) is 4.45. The summed E-state index contributed by atoms with van der Waals surface area (Å²) in [7, 11) is 1.97. The maximum absolute atomic E-state index is 12.2. The number of halogens is 2. The molecule has 0 radical (unpaired) electrons. The zero-order chi connectivity index (χ0) is 10.6. The molecule has 2 unspecified atom stereocenters. The van der Waals surface area contributed by atoms with Crippen LogP contribution in [0.25, 0.3) is 0 Å². The Labute approximate surface area is 87.3 Å². The summed E-state index contributed by atoms with van der Waals surface area (Å²) in [6, 6.07) is 0. The molecule has 1 heterocycles. The first-order valence-corrected chi connectivity index (χ1v) is 4.89. The molecular weight excluding hydrogens is 211 g/mol. The Hall–Kier alpha value is -0.390. The summed E-state index contributed by atoms with van der Waals surface area (Å²) in [4.78, 5) is 12.9. The Kier molecular flexibility index (Phi) is 4.57. The average Bonchev–Trinajstić information content (AvgIpc) is 2.14. The summed E-state index contributed by atoms with van der Waals surface area (Å²) in [6.45, 7) is 2.55. The molecule has 1 N–H and O–H groups in total. The number of carbonyl (C=O) groups is 1. The van der Waals surface area contributed by atoms with Gasteiger partial charge in [0, 0.05) is 19.6 Å². The monoisotopic (exact) mass is 224 g/mol. The second-order valence-electron chi connectivity index (χ2n) is 3.30. The minimum absolute atomic E-state index is 0.0758. The van der Waals surface area contributed by atoms with Gasteiger partial charge in [-0.05, 0) is 7.05 Å². The van der Waals surface area contributed by atoms with Gasteiger partial charge in [0.1, 0.15) is 0 Å². The molecule has 4 nitrogen and oxygen atoms in total. The molecule has 0 aromatic rings. The van der Waals surface area contributed by atoms with Crippen LogP contribution in [0.5, 0.6) is 0 Å². The van der Waals surface area contributed by atoms with E-state index in [1.807, 2.05) is 7.05 Å². The predicted octanol–water partition coefficient (Wildman–Crippen LogP) is -0.0324. The normalized spacial score (nSPS) is 25.8. The van der Waals surface area contributed by atoms with Crippen molar-refractivity contribution in [2.75, 3.05) is 33.3 Å². The quantitative estimate of drug-likeness (QED) is 0.685. The molecule has 1 aliphatic rings. The zero-order valence-corrected chi connectivity index (χ0v) is 8.76. The smallest absolute Gasteiger partial charge is 0.270 e. The molecule has 1 fully saturated rings. The molecule has 2 atom stereocenters. The van der Waals surface area contributed by atoms with Crippen molar-refractivity contribution in [2.45, 2.75) is 11.7 Å². The fourth-order valence-corrected chi connectivity index (χ4v) is 1.36. The molecule has 0 aromatic heterocycles. The first kappa shape index (κ1) is 11.7. The summed E-state index contributed by atoms with van der Waals surface area (Å²) < 4.78 is 17.6. The molecule has 0 bridgehead atoms. The molecule has 82 valence electrons. The Bertz CT molecular complexity index is 204. The van der Waals surface area contributed by atoms with Gasteiger partial charge < -0.3 is 15.0 Å². The van der Waals surface area contributed by atoms with E-state index in [9.17, 15) is 9.18 Å². The van der Waals surface area contributed by atoms with Gasteiger partial charge in [0.05, 0.1) is 12.7 Å². The van der Waals surface area contributed by atoms with E-state index in [-0.39, 0.29) is 6.10 Å². The van der Waals surface area contributed by atoms with E-state index in [0.29, 0.717) is 13.2 Å². The van der Waals surface area contributed by atoms with E-state index in [4.69, 9.17) is 16.3 Å². The Morgan fingerprint density at radius 1 is 1.86 bits per heavy atom. The van der Waals surface area contributed by atoms with Crippen molar-refractivity contribution in [2.24, 2.45) is 0 Å². The van der Waals surface area contributed by atoms with Crippen molar-refractivity contribution < 1.29 is 13.9 Å². The van der Waals surface area contributed by atoms with Gasteiger partial charge in [-0.2, -0.15) is 0 Å². The molecular formula is C8H14ClFN2O2. The van der Waals surface area contributed by atoms with Crippen LogP contribution in [0.4, 0.5) is 4.39 Å². The molecule has 1 rings (SSSR count). The van der Waals surface area contributed by atoms with Gasteiger partial charge in [-0.15, -0.1) is 0 Å². The van der Waals surface area contributed by atoms with Crippen LogP contribution in [0.2, 0.25) is 0 Å². The lowest BCUT2D eigenvalue weighted by atomic mass is 10.3. The number of carbonyl (C=O) groups excluding carboxylic acids is 1.